The molecule has 4 heteroatoms. The zero-order valence-electron chi connectivity index (χ0n) is 6.23. The lowest BCUT2D eigenvalue weighted by atomic mass is 10.3. The third kappa shape index (κ3) is 1.82. The second-order valence-electron chi connectivity index (χ2n) is 1.97. The highest BCUT2D eigenvalue weighted by atomic mass is 16.5. The molecule has 1 rings (SSSR count). The second-order valence-corrected chi connectivity index (χ2v) is 1.97. The molecule has 12 heavy (non-hydrogen) atoms. The van der Waals surface area contributed by atoms with Crippen LogP contribution in [0.5, 0.6) is 5.75 Å². The summed E-state index contributed by atoms with van der Waals surface area (Å²) in [4.78, 5) is 14.0. The van der Waals surface area contributed by atoms with E-state index in [0.717, 1.165) is 0 Å². The van der Waals surface area contributed by atoms with E-state index in [-0.39, 0.29) is 5.69 Å². The van der Waals surface area contributed by atoms with Gasteiger partial charge in [-0.2, -0.15) is 0 Å². The van der Waals surface area contributed by atoms with Crippen LogP contribution in [-0.4, -0.2) is 16.1 Å². The molecule has 1 aromatic rings. The van der Waals surface area contributed by atoms with Gasteiger partial charge < -0.3 is 9.84 Å². The van der Waals surface area contributed by atoms with Crippen LogP contribution in [0.3, 0.4) is 0 Å². The molecule has 1 aromatic heterocycles. The number of hydrogen-bond acceptors (Lipinski definition) is 3. The van der Waals surface area contributed by atoms with Crippen molar-refractivity contribution in [1.29, 1.82) is 0 Å². The van der Waals surface area contributed by atoms with Crippen molar-refractivity contribution in [3.05, 3.63) is 36.9 Å². The molecule has 0 aliphatic rings. The Morgan fingerprint density at radius 1 is 1.67 bits per heavy atom. The smallest absolute Gasteiger partial charge is 0.354 e. The Kier molecular flexibility index (Phi) is 2.42. The Balaban J connectivity index is 2.85. The summed E-state index contributed by atoms with van der Waals surface area (Å²) in [6, 6.07) is 2.87. The first-order valence-electron chi connectivity index (χ1n) is 3.21. The first-order valence-corrected chi connectivity index (χ1v) is 3.21. The van der Waals surface area contributed by atoms with Gasteiger partial charge in [0.25, 0.3) is 0 Å². The third-order valence-corrected chi connectivity index (χ3v) is 1.17. The summed E-state index contributed by atoms with van der Waals surface area (Å²) in [7, 11) is 0. The number of hydrogen-bond donors (Lipinski definition) is 1. The zero-order chi connectivity index (χ0) is 8.97. The predicted molar refractivity (Wildman–Crippen MR) is 42.0 cm³/mol. The van der Waals surface area contributed by atoms with E-state index in [1.165, 1.54) is 24.6 Å². The molecule has 0 saturated carbocycles. The van der Waals surface area contributed by atoms with Gasteiger partial charge in [-0.05, 0) is 12.1 Å². The molecule has 62 valence electrons. The van der Waals surface area contributed by atoms with E-state index >= 15 is 0 Å². The lowest BCUT2D eigenvalue weighted by molar-refractivity contribution is 0.0690. The lowest BCUT2D eigenvalue weighted by Crippen LogP contribution is -1.98. The van der Waals surface area contributed by atoms with Gasteiger partial charge in [0.05, 0.1) is 12.5 Å². The van der Waals surface area contributed by atoms with E-state index in [1.807, 2.05) is 0 Å². The zero-order valence-corrected chi connectivity index (χ0v) is 6.23. The van der Waals surface area contributed by atoms with Crippen LogP contribution in [0.1, 0.15) is 10.5 Å². The van der Waals surface area contributed by atoms with Crippen molar-refractivity contribution in [3.63, 3.8) is 0 Å². The monoisotopic (exact) mass is 165 g/mol. The van der Waals surface area contributed by atoms with Gasteiger partial charge in [0.2, 0.25) is 0 Å². The van der Waals surface area contributed by atoms with Crippen LogP contribution >= 0.6 is 0 Å². The van der Waals surface area contributed by atoms with Crippen LogP contribution in [0.4, 0.5) is 0 Å². The number of rotatable bonds is 3. The van der Waals surface area contributed by atoms with Crippen LogP contribution in [0.25, 0.3) is 0 Å². The van der Waals surface area contributed by atoms with Crippen molar-refractivity contribution >= 4 is 5.97 Å². The molecule has 1 N–H and O–H groups in total. The maximum atomic E-state index is 10.3. The minimum Gasteiger partial charge on any atom is -0.477 e. The van der Waals surface area contributed by atoms with E-state index in [9.17, 15) is 4.79 Å². The fraction of sp³-hybridized carbons (Fsp3) is 0. The Bertz CT molecular complexity index is 292. The normalized spacial score (nSPS) is 9.00. The van der Waals surface area contributed by atoms with Crippen LogP contribution in [0.2, 0.25) is 0 Å². The van der Waals surface area contributed by atoms with Crippen LogP contribution in [0, 0.1) is 0 Å². The number of ether oxygens (including phenoxy) is 1. The van der Waals surface area contributed by atoms with E-state index in [1.54, 1.807) is 0 Å². The van der Waals surface area contributed by atoms with Gasteiger partial charge in [0, 0.05) is 0 Å². The van der Waals surface area contributed by atoms with Gasteiger partial charge in [-0.3, -0.25) is 0 Å². The van der Waals surface area contributed by atoms with Crippen molar-refractivity contribution in [2.45, 2.75) is 0 Å². The maximum Gasteiger partial charge on any atom is 0.354 e. The average molecular weight is 165 g/mol. The second kappa shape index (κ2) is 3.52. The first-order chi connectivity index (χ1) is 5.74. The molecule has 0 amide bonds. The summed E-state index contributed by atoms with van der Waals surface area (Å²) >= 11 is 0. The number of nitrogens with zero attached hydrogens (tertiary/aromatic N) is 1. The molecule has 0 aliphatic heterocycles. The summed E-state index contributed by atoms with van der Waals surface area (Å²) in [6.07, 6.45) is 2.57. The average Bonchev–Trinajstić information content (AvgIpc) is 2.06. The molecule has 0 bridgehead atoms. The van der Waals surface area contributed by atoms with E-state index in [0.29, 0.717) is 5.75 Å². The van der Waals surface area contributed by atoms with E-state index < -0.39 is 5.97 Å². The van der Waals surface area contributed by atoms with Crippen molar-refractivity contribution in [2.24, 2.45) is 0 Å². The lowest BCUT2D eigenvalue weighted by Gasteiger charge is -1.97. The quantitative estimate of drug-likeness (QED) is 0.686. The molecule has 0 saturated heterocycles. The molecular formula is C8H7NO3. The molecule has 0 spiro atoms. The van der Waals surface area contributed by atoms with Crippen LogP contribution in [-0.2, 0) is 0 Å². The van der Waals surface area contributed by atoms with Crippen LogP contribution in [0.15, 0.2) is 31.2 Å². The minimum absolute atomic E-state index is 0.00795. The van der Waals surface area contributed by atoms with Gasteiger partial charge >= 0.3 is 5.97 Å². The van der Waals surface area contributed by atoms with Crippen molar-refractivity contribution < 1.29 is 14.6 Å². The predicted octanol–water partition coefficient (Wildman–Crippen LogP) is 1.30. The van der Waals surface area contributed by atoms with Crippen molar-refractivity contribution in [3.8, 4) is 5.75 Å². The number of carboxylic acids is 1. The maximum absolute atomic E-state index is 10.3. The summed E-state index contributed by atoms with van der Waals surface area (Å²) in [6.45, 7) is 3.35. The highest BCUT2D eigenvalue weighted by Gasteiger charge is 2.02. The minimum atomic E-state index is -1.06. The standard InChI is InChI=1S/C8H7NO3/c1-2-12-6-3-4-7(8(10)11)9-5-6/h2-5H,1H2,(H,10,11). The Morgan fingerprint density at radius 2 is 2.42 bits per heavy atom. The molecule has 1 heterocycles. The highest BCUT2D eigenvalue weighted by molar-refractivity contribution is 5.85. The molecule has 0 aliphatic carbocycles. The number of carboxylic acid groups (broad SMARTS) is 1. The Hall–Kier alpha value is -1.84. The summed E-state index contributed by atoms with van der Waals surface area (Å²) in [5.74, 6) is -0.588. The molecule has 0 aromatic carbocycles. The first kappa shape index (κ1) is 8.26. The van der Waals surface area contributed by atoms with Crippen molar-refractivity contribution in [2.75, 3.05) is 0 Å². The van der Waals surface area contributed by atoms with Crippen molar-refractivity contribution in [1.82, 2.24) is 4.98 Å². The van der Waals surface area contributed by atoms with Crippen LogP contribution < -0.4 is 4.74 Å². The Morgan fingerprint density at radius 3 is 2.83 bits per heavy atom. The highest BCUT2D eigenvalue weighted by Crippen LogP contribution is 2.08. The topological polar surface area (TPSA) is 59.4 Å². The molecule has 0 radical (unpaired) electrons. The summed E-state index contributed by atoms with van der Waals surface area (Å²) < 4.78 is 4.85. The number of pyridine rings is 1. The van der Waals surface area contributed by atoms with Gasteiger partial charge in [0.15, 0.2) is 0 Å². The third-order valence-electron chi connectivity index (χ3n) is 1.17. The van der Waals surface area contributed by atoms with E-state index in [2.05, 4.69) is 11.6 Å². The molecule has 0 fully saturated rings. The van der Waals surface area contributed by atoms with Gasteiger partial charge in [-0.25, -0.2) is 9.78 Å². The van der Waals surface area contributed by atoms with E-state index in [4.69, 9.17) is 9.84 Å². The van der Waals surface area contributed by atoms with Gasteiger partial charge in [0.1, 0.15) is 11.4 Å². The molecular weight excluding hydrogens is 158 g/mol. The Labute approximate surface area is 69.1 Å². The fourth-order valence-electron chi connectivity index (χ4n) is 0.673. The SMILES string of the molecule is C=COc1ccc(C(=O)O)nc1. The molecule has 4 nitrogen and oxygen atoms in total. The largest absolute Gasteiger partial charge is 0.477 e. The summed E-state index contributed by atoms with van der Waals surface area (Å²) in [5.41, 5.74) is -0.00795. The molecule has 0 atom stereocenters. The number of carbonyl (C=O) groups is 1. The van der Waals surface area contributed by atoms with Gasteiger partial charge in [-0.15, -0.1) is 0 Å². The number of aromatic carboxylic acids is 1. The fourth-order valence-corrected chi connectivity index (χ4v) is 0.673. The summed E-state index contributed by atoms with van der Waals surface area (Å²) in [5, 5.41) is 8.48. The molecule has 0 unspecified atom stereocenters. The number of aromatic nitrogens is 1. The van der Waals surface area contributed by atoms with Gasteiger partial charge in [-0.1, -0.05) is 6.58 Å².